The van der Waals surface area contributed by atoms with Crippen molar-refractivity contribution in [1.82, 2.24) is 15.1 Å². The molecular formula is C8H16N4O2S. The van der Waals surface area contributed by atoms with Crippen LogP contribution in [-0.4, -0.2) is 30.5 Å². The zero-order valence-electron chi connectivity index (χ0n) is 8.68. The molecule has 0 aliphatic rings. The first-order valence-corrected chi connectivity index (χ1v) is 6.38. The Morgan fingerprint density at radius 2 is 2.33 bits per heavy atom. The van der Waals surface area contributed by atoms with Gasteiger partial charge >= 0.3 is 0 Å². The molecule has 0 fully saturated rings. The average molecular weight is 232 g/mol. The molecule has 1 aromatic heterocycles. The van der Waals surface area contributed by atoms with Crippen molar-refractivity contribution in [3.63, 3.8) is 0 Å². The number of hydrogen-bond acceptors (Lipinski definition) is 4. The number of primary sulfonamides is 1. The van der Waals surface area contributed by atoms with Crippen molar-refractivity contribution in [3.05, 3.63) is 18.0 Å². The van der Waals surface area contributed by atoms with Gasteiger partial charge in [0.15, 0.2) is 0 Å². The van der Waals surface area contributed by atoms with Gasteiger partial charge in [-0.1, -0.05) is 0 Å². The highest BCUT2D eigenvalue weighted by Crippen LogP contribution is 1.94. The minimum Gasteiger partial charge on any atom is -0.311 e. The summed E-state index contributed by atoms with van der Waals surface area (Å²) in [7, 11) is -1.46. The van der Waals surface area contributed by atoms with Crippen molar-refractivity contribution in [3.8, 4) is 0 Å². The van der Waals surface area contributed by atoms with Crippen molar-refractivity contribution < 1.29 is 8.42 Å². The topological polar surface area (TPSA) is 90.0 Å². The summed E-state index contributed by atoms with van der Waals surface area (Å²) in [6.45, 7) is 1.31. The monoisotopic (exact) mass is 232 g/mol. The third-order valence-corrected chi connectivity index (χ3v) is 2.87. The van der Waals surface area contributed by atoms with Gasteiger partial charge in [-0.15, -0.1) is 0 Å². The molecule has 0 unspecified atom stereocenters. The molecule has 3 N–H and O–H groups in total. The molecule has 0 bridgehead atoms. The fraction of sp³-hybridized carbons (Fsp3) is 0.625. The number of aryl methyl sites for hydroxylation is 1. The van der Waals surface area contributed by atoms with Gasteiger partial charge in [-0.05, 0) is 19.0 Å². The molecule has 1 aromatic rings. The van der Waals surface area contributed by atoms with E-state index >= 15 is 0 Å². The van der Waals surface area contributed by atoms with Crippen LogP contribution in [0.1, 0.15) is 12.1 Å². The highest BCUT2D eigenvalue weighted by atomic mass is 32.2. The largest absolute Gasteiger partial charge is 0.311 e. The van der Waals surface area contributed by atoms with Gasteiger partial charge in [0.25, 0.3) is 0 Å². The van der Waals surface area contributed by atoms with Crippen LogP contribution >= 0.6 is 0 Å². The van der Waals surface area contributed by atoms with E-state index in [1.807, 2.05) is 13.1 Å². The summed E-state index contributed by atoms with van der Waals surface area (Å²) in [5, 5.41) is 12.0. The van der Waals surface area contributed by atoms with Crippen molar-refractivity contribution in [2.24, 2.45) is 12.2 Å². The number of aromatic nitrogens is 2. The van der Waals surface area contributed by atoms with Crippen LogP contribution < -0.4 is 10.5 Å². The van der Waals surface area contributed by atoms with Gasteiger partial charge in [0, 0.05) is 19.8 Å². The maximum Gasteiger partial charge on any atom is 0.209 e. The molecule has 86 valence electrons. The van der Waals surface area contributed by atoms with E-state index in [9.17, 15) is 8.42 Å². The molecule has 15 heavy (non-hydrogen) atoms. The molecule has 0 radical (unpaired) electrons. The van der Waals surface area contributed by atoms with Crippen LogP contribution in [0.4, 0.5) is 0 Å². The summed E-state index contributed by atoms with van der Waals surface area (Å²) in [4.78, 5) is 0. The Morgan fingerprint density at radius 1 is 1.60 bits per heavy atom. The van der Waals surface area contributed by atoms with Gasteiger partial charge in [0.05, 0.1) is 11.4 Å². The zero-order chi connectivity index (χ0) is 11.3. The van der Waals surface area contributed by atoms with Crippen LogP contribution in [-0.2, 0) is 23.6 Å². The van der Waals surface area contributed by atoms with Gasteiger partial charge in [0.2, 0.25) is 10.0 Å². The van der Waals surface area contributed by atoms with Crippen LogP contribution in [0.2, 0.25) is 0 Å². The van der Waals surface area contributed by atoms with Gasteiger partial charge in [-0.2, -0.15) is 5.10 Å². The van der Waals surface area contributed by atoms with Crippen LogP contribution in [0.5, 0.6) is 0 Å². The molecule has 0 saturated heterocycles. The summed E-state index contributed by atoms with van der Waals surface area (Å²) < 4.78 is 23.0. The van der Waals surface area contributed by atoms with E-state index < -0.39 is 10.0 Å². The smallest absolute Gasteiger partial charge is 0.209 e. The van der Waals surface area contributed by atoms with Crippen LogP contribution in [0.15, 0.2) is 12.3 Å². The van der Waals surface area contributed by atoms with Gasteiger partial charge in [-0.3, -0.25) is 4.68 Å². The minimum absolute atomic E-state index is 0.0192. The highest BCUT2D eigenvalue weighted by molar-refractivity contribution is 7.89. The van der Waals surface area contributed by atoms with Crippen molar-refractivity contribution in [2.75, 3.05) is 12.3 Å². The molecule has 0 aliphatic heterocycles. The number of hydrogen-bond donors (Lipinski definition) is 2. The van der Waals surface area contributed by atoms with Crippen LogP contribution in [0.3, 0.4) is 0 Å². The van der Waals surface area contributed by atoms with Gasteiger partial charge < -0.3 is 5.32 Å². The second kappa shape index (κ2) is 5.24. The normalized spacial score (nSPS) is 11.9. The molecule has 0 aliphatic carbocycles. The lowest BCUT2D eigenvalue weighted by atomic mass is 10.4. The molecule has 1 rings (SSSR count). The first-order valence-electron chi connectivity index (χ1n) is 4.67. The predicted octanol–water partition coefficient (Wildman–Crippen LogP) is -0.812. The van der Waals surface area contributed by atoms with E-state index in [2.05, 4.69) is 10.4 Å². The molecule has 0 aromatic carbocycles. The maximum absolute atomic E-state index is 10.6. The van der Waals surface area contributed by atoms with E-state index in [1.165, 1.54) is 0 Å². The van der Waals surface area contributed by atoms with E-state index in [4.69, 9.17) is 5.14 Å². The van der Waals surface area contributed by atoms with Crippen molar-refractivity contribution in [1.29, 1.82) is 0 Å². The molecule has 7 heteroatoms. The summed E-state index contributed by atoms with van der Waals surface area (Å²) >= 11 is 0. The predicted molar refractivity (Wildman–Crippen MR) is 57.5 cm³/mol. The number of rotatable bonds is 6. The van der Waals surface area contributed by atoms with Crippen molar-refractivity contribution >= 4 is 10.0 Å². The van der Waals surface area contributed by atoms with Crippen LogP contribution in [0.25, 0.3) is 0 Å². The van der Waals surface area contributed by atoms with E-state index in [0.717, 1.165) is 5.69 Å². The van der Waals surface area contributed by atoms with Crippen molar-refractivity contribution in [2.45, 2.75) is 13.0 Å². The van der Waals surface area contributed by atoms with E-state index in [-0.39, 0.29) is 5.75 Å². The Kier molecular flexibility index (Phi) is 4.25. The molecule has 0 amide bonds. The first-order chi connectivity index (χ1) is 6.99. The SMILES string of the molecule is Cn1nccc1CNCCCS(N)(=O)=O. The van der Waals surface area contributed by atoms with Gasteiger partial charge in [0.1, 0.15) is 0 Å². The molecule has 0 spiro atoms. The minimum atomic E-state index is -3.32. The van der Waals surface area contributed by atoms with Crippen LogP contribution in [0, 0.1) is 0 Å². The number of nitrogens with zero attached hydrogens (tertiary/aromatic N) is 2. The lowest BCUT2D eigenvalue weighted by Crippen LogP contribution is -2.22. The highest BCUT2D eigenvalue weighted by Gasteiger charge is 2.01. The second-order valence-electron chi connectivity index (χ2n) is 3.34. The molecule has 0 atom stereocenters. The lowest BCUT2D eigenvalue weighted by molar-refractivity contribution is 0.586. The van der Waals surface area contributed by atoms with Gasteiger partial charge in [-0.25, -0.2) is 13.6 Å². The Morgan fingerprint density at radius 3 is 2.87 bits per heavy atom. The van der Waals surface area contributed by atoms with E-state index in [1.54, 1.807) is 10.9 Å². The quantitative estimate of drug-likeness (QED) is 0.628. The molecule has 1 heterocycles. The third-order valence-electron chi connectivity index (χ3n) is 2.01. The standard InChI is InChI=1S/C8H16N4O2S/c1-12-8(3-5-11-12)7-10-4-2-6-15(9,13)14/h3,5,10H,2,4,6-7H2,1H3,(H2,9,13,14). The Balaban J connectivity index is 2.15. The lowest BCUT2D eigenvalue weighted by Gasteiger charge is -2.04. The first kappa shape index (κ1) is 12.2. The number of nitrogens with two attached hydrogens (primary N) is 1. The summed E-state index contributed by atoms with van der Waals surface area (Å²) in [6, 6.07) is 1.91. The number of nitrogens with one attached hydrogen (secondary N) is 1. The number of sulfonamides is 1. The summed E-state index contributed by atoms with van der Waals surface area (Å²) in [6.07, 6.45) is 2.25. The average Bonchev–Trinajstić information content (AvgIpc) is 2.49. The summed E-state index contributed by atoms with van der Waals surface area (Å²) in [5.74, 6) is 0.0192. The fourth-order valence-electron chi connectivity index (χ4n) is 1.19. The van der Waals surface area contributed by atoms with E-state index in [0.29, 0.717) is 19.5 Å². The maximum atomic E-state index is 10.6. The Bertz CT molecular complexity index is 399. The molecule has 0 saturated carbocycles. The zero-order valence-corrected chi connectivity index (χ0v) is 9.50. The fourth-order valence-corrected chi connectivity index (χ4v) is 1.74. The Labute approximate surface area is 89.5 Å². The third kappa shape index (κ3) is 4.91. The molecule has 6 nitrogen and oxygen atoms in total. The Hall–Kier alpha value is -0.920. The summed E-state index contributed by atoms with van der Waals surface area (Å²) in [5.41, 5.74) is 1.06. The molecular weight excluding hydrogens is 216 g/mol. The second-order valence-corrected chi connectivity index (χ2v) is 5.08.